The van der Waals surface area contributed by atoms with Crippen molar-refractivity contribution in [2.24, 2.45) is 0 Å². The van der Waals surface area contributed by atoms with Crippen molar-refractivity contribution in [3.05, 3.63) is 53.8 Å². The molecule has 0 aromatic heterocycles. The van der Waals surface area contributed by atoms with Crippen molar-refractivity contribution >= 4 is 34.8 Å². The maximum atomic E-state index is 13.8. The minimum atomic E-state index is -0.629. The van der Waals surface area contributed by atoms with E-state index >= 15 is 0 Å². The number of anilines is 3. The fourth-order valence-corrected chi connectivity index (χ4v) is 2.04. The monoisotopic (exact) mass is 329 g/mol. The third-order valence-electron chi connectivity index (χ3n) is 2.98. The van der Waals surface area contributed by atoms with Gasteiger partial charge in [0.05, 0.1) is 5.69 Å². The Morgan fingerprint density at radius 2 is 1.46 bits per heavy atom. The summed E-state index contributed by atoms with van der Waals surface area (Å²) in [6.45, 7) is 2.69. The molecule has 0 aliphatic carbocycles. The summed E-state index contributed by atoms with van der Waals surface area (Å²) in [5.41, 5.74) is 1.02. The van der Waals surface area contributed by atoms with Crippen molar-refractivity contribution in [2.75, 3.05) is 16.0 Å². The molecule has 3 N–H and O–H groups in total. The highest BCUT2D eigenvalue weighted by Gasteiger charge is 2.11. The number of benzene rings is 2. The third kappa shape index (κ3) is 4.64. The molecule has 2 aromatic rings. The van der Waals surface area contributed by atoms with Gasteiger partial charge in [-0.05, 0) is 36.4 Å². The first-order valence-electron chi connectivity index (χ1n) is 7.11. The van der Waals surface area contributed by atoms with E-state index in [0.717, 1.165) is 6.07 Å². The van der Waals surface area contributed by atoms with Crippen molar-refractivity contribution in [3.63, 3.8) is 0 Å². The Labute approximate surface area is 138 Å². The zero-order chi connectivity index (χ0) is 17.7. The normalized spacial score (nSPS) is 9.96. The smallest absolute Gasteiger partial charge is 0.255 e. The second-order valence-electron chi connectivity index (χ2n) is 5.09. The Balaban J connectivity index is 2.20. The number of halogens is 1. The highest BCUT2D eigenvalue weighted by molar-refractivity contribution is 6.05. The van der Waals surface area contributed by atoms with Crippen LogP contribution in [-0.4, -0.2) is 17.7 Å². The van der Waals surface area contributed by atoms with Crippen molar-refractivity contribution in [1.29, 1.82) is 0 Å². The molecule has 0 saturated heterocycles. The van der Waals surface area contributed by atoms with Gasteiger partial charge in [-0.2, -0.15) is 0 Å². The number of rotatable bonds is 4. The van der Waals surface area contributed by atoms with E-state index in [0.29, 0.717) is 11.4 Å². The largest absolute Gasteiger partial charge is 0.326 e. The molecule has 0 heterocycles. The van der Waals surface area contributed by atoms with E-state index < -0.39 is 11.7 Å². The fraction of sp³-hybridized carbons (Fsp3) is 0.118. The molecule has 24 heavy (non-hydrogen) atoms. The fourth-order valence-electron chi connectivity index (χ4n) is 2.04. The van der Waals surface area contributed by atoms with Crippen LogP contribution in [0.5, 0.6) is 0 Å². The molecule has 124 valence electrons. The molecule has 0 spiro atoms. The van der Waals surface area contributed by atoms with Crippen molar-refractivity contribution in [2.45, 2.75) is 13.8 Å². The minimum absolute atomic E-state index is 0.0591. The van der Waals surface area contributed by atoms with E-state index in [1.54, 1.807) is 12.1 Å². The lowest BCUT2D eigenvalue weighted by Gasteiger charge is -2.10. The lowest BCUT2D eigenvalue weighted by molar-refractivity contribution is -0.115. The van der Waals surface area contributed by atoms with Crippen LogP contribution in [0.3, 0.4) is 0 Å². The molecule has 0 radical (unpaired) electrons. The minimum Gasteiger partial charge on any atom is -0.326 e. The van der Waals surface area contributed by atoms with Crippen LogP contribution in [0.15, 0.2) is 42.5 Å². The second kappa shape index (κ2) is 7.36. The summed E-state index contributed by atoms with van der Waals surface area (Å²) in [5.74, 6) is -1.74. The third-order valence-corrected chi connectivity index (χ3v) is 2.98. The molecular formula is C17H16FN3O3. The maximum Gasteiger partial charge on any atom is 0.255 e. The first kappa shape index (κ1) is 17.1. The molecule has 2 aromatic carbocycles. The average molecular weight is 329 g/mol. The van der Waals surface area contributed by atoms with Gasteiger partial charge in [0.25, 0.3) is 5.91 Å². The molecule has 0 aliphatic rings. The van der Waals surface area contributed by atoms with E-state index in [1.165, 1.54) is 38.1 Å². The number of hydrogen-bond donors (Lipinski definition) is 3. The molecule has 0 atom stereocenters. The molecule has 0 aliphatic heterocycles. The van der Waals surface area contributed by atoms with Crippen LogP contribution in [0.4, 0.5) is 21.5 Å². The Kier molecular flexibility index (Phi) is 5.26. The van der Waals surface area contributed by atoms with Gasteiger partial charge >= 0.3 is 0 Å². The maximum absolute atomic E-state index is 13.8. The number of carbonyl (C=O) groups is 3. The molecule has 0 fully saturated rings. The molecular weight excluding hydrogens is 313 g/mol. The Hall–Kier alpha value is -3.22. The number of carbonyl (C=O) groups excluding carboxylic acids is 3. The number of hydrogen-bond acceptors (Lipinski definition) is 3. The summed E-state index contributed by atoms with van der Waals surface area (Å²) < 4.78 is 13.8. The van der Waals surface area contributed by atoms with Gasteiger partial charge in [-0.25, -0.2) is 4.39 Å². The van der Waals surface area contributed by atoms with Crippen LogP contribution < -0.4 is 16.0 Å². The molecule has 2 rings (SSSR count). The van der Waals surface area contributed by atoms with Crippen LogP contribution in [0.1, 0.15) is 24.2 Å². The number of amides is 3. The molecule has 7 heteroatoms. The van der Waals surface area contributed by atoms with E-state index in [4.69, 9.17) is 0 Å². The van der Waals surface area contributed by atoms with Crippen molar-refractivity contribution in [1.82, 2.24) is 0 Å². The lowest BCUT2D eigenvalue weighted by atomic mass is 10.1. The van der Waals surface area contributed by atoms with E-state index in [2.05, 4.69) is 16.0 Å². The van der Waals surface area contributed by atoms with E-state index in [9.17, 15) is 18.8 Å². The van der Waals surface area contributed by atoms with Crippen LogP contribution >= 0.6 is 0 Å². The summed E-state index contributed by atoms with van der Waals surface area (Å²) >= 11 is 0. The van der Waals surface area contributed by atoms with Gasteiger partial charge < -0.3 is 16.0 Å². The van der Waals surface area contributed by atoms with Crippen LogP contribution in [0, 0.1) is 5.82 Å². The summed E-state index contributed by atoms with van der Waals surface area (Å²) in [6, 6.07) is 10.1. The van der Waals surface area contributed by atoms with Gasteiger partial charge in [-0.1, -0.05) is 6.07 Å². The van der Waals surface area contributed by atoms with Crippen LogP contribution in [-0.2, 0) is 9.59 Å². The van der Waals surface area contributed by atoms with Gasteiger partial charge in [0.15, 0.2) is 0 Å². The first-order valence-corrected chi connectivity index (χ1v) is 7.11. The standard InChI is InChI=1S/C17H16FN3O3/c1-10(22)19-13-5-3-4-12(8-13)17(24)21-16-9-14(20-11(2)23)6-7-15(16)18/h3-9H,1-2H3,(H,19,22)(H,20,23)(H,21,24). The summed E-state index contributed by atoms with van der Waals surface area (Å²) in [7, 11) is 0. The van der Waals surface area contributed by atoms with Gasteiger partial charge in [0.1, 0.15) is 5.82 Å². The molecule has 3 amide bonds. The van der Waals surface area contributed by atoms with E-state index in [1.807, 2.05) is 0 Å². The van der Waals surface area contributed by atoms with Crippen LogP contribution in [0.2, 0.25) is 0 Å². The highest BCUT2D eigenvalue weighted by Crippen LogP contribution is 2.21. The van der Waals surface area contributed by atoms with E-state index in [-0.39, 0.29) is 23.1 Å². The number of nitrogens with one attached hydrogen (secondary N) is 3. The van der Waals surface area contributed by atoms with Gasteiger partial charge in [-0.15, -0.1) is 0 Å². The molecule has 0 saturated carbocycles. The molecule has 6 nitrogen and oxygen atoms in total. The summed E-state index contributed by atoms with van der Waals surface area (Å²) in [4.78, 5) is 34.4. The second-order valence-corrected chi connectivity index (χ2v) is 5.09. The average Bonchev–Trinajstić information content (AvgIpc) is 2.49. The van der Waals surface area contributed by atoms with Crippen molar-refractivity contribution < 1.29 is 18.8 Å². The Morgan fingerprint density at radius 3 is 2.08 bits per heavy atom. The van der Waals surface area contributed by atoms with Crippen LogP contribution in [0.25, 0.3) is 0 Å². The first-order chi connectivity index (χ1) is 11.3. The quantitative estimate of drug-likeness (QED) is 0.806. The van der Waals surface area contributed by atoms with Gasteiger partial charge in [0.2, 0.25) is 11.8 Å². The predicted molar refractivity (Wildman–Crippen MR) is 89.4 cm³/mol. The van der Waals surface area contributed by atoms with Crippen molar-refractivity contribution in [3.8, 4) is 0 Å². The highest BCUT2D eigenvalue weighted by atomic mass is 19.1. The Bertz CT molecular complexity index is 805. The lowest BCUT2D eigenvalue weighted by Crippen LogP contribution is -2.14. The topological polar surface area (TPSA) is 87.3 Å². The Morgan fingerprint density at radius 1 is 0.833 bits per heavy atom. The molecule has 0 unspecified atom stereocenters. The predicted octanol–water partition coefficient (Wildman–Crippen LogP) is 2.99. The SMILES string of the molecule is CC(=O)Nc1cccc(C(=O)Nc2cc(NC(C)=O)ccc2F)c1. The summed E-state index contributed by atoms with van der Waals surface area (Å²) in [5, 5.41) is 7.52. The summed E-state index contributed by atoms with van der Waals surface area (Å²) in [6.07, 6.45) is 0. The zero-order valence-corrected chi connectivity index (χ0v) is 13.1. The van der Waals surface area contributed by atoms with Gasteiger partial charge in [0, 0.05) is 30.8 Å². The molecule has 0 bridgehead atoms. The zero-order valence-electron chi connectivity index (χ0n) is 13.1. The van der Waals surface area contributed by atoms with Gasteiger partial charge in [-0.3, -0.25) is 14.4 Å².